The van der Waals surface area contributed by atoms with Gasteiger partial charge in [0.2, 0.25) is 0 Å². The Bertz CT molecular complexity index is 600. The minimum atomic E-state index is -0.0603. The van der Waals surface area contributed by atoms with Gasteiger partial charge in [-0.2, -0.15) is 0 Å². The fourth-order valence-corrected chi connectivity index (χ4v) is 4.81. The van der Waals surface area contributed by atoms with Crippen LogP contribution in [-0.4, -0.2) is 33.6 Å². The molecule has 5 heteroatoms. The van der Waals surface area contributed by atoms with Crippen molar-refractivity contribution in [3.63, 3.8) is 0 Å². The molecule has 5 atom stereocenters. The summed E-state index contributed by atoms with van der Waals surface area (Å²) in [6.07, 6.45) is 11.2. The number of aromatic nitrogens is 2. The summed E-state index contributed by atoms with van der Waals surface area (Å²) in [6, 6.07) is 0.00637. The van der Waals surface area contributed by atoms with Crippen molar-refractivity contribution in [1.82, 2.24) is 19.8 Å². The van der Waals surface area contributed by atoms with Gasteiger partial charge in [0.15, 0.2) is 0 Å². The summed E-state index contributed by atoms with van der Waals surface area (Å²) < 4.78 is 2.08. The summed E-state index contributed by atoms with van der Waals surface area (Å²) in [4.78, 5) is 19.1. The van der Waals surface area contributed by atoms with Crippen molar-refractivity contribution >= 4 is 6.03 Å². The quantitative estimate of drug-likeness (QED) is 0.872. The molecule has 1 aliphatic heterocycles. The van der Waals surface area contributed by atoms with Gasteiger partial charge in [0.25, 0.3) is 0 Å². The molecule has 124 valence electrons. The third-order valence-corrected chi connectivity index (χ3v) is 6.05. The fraction of sp³-hybridized carbons (Fsp3) is 0.667. The molecule has 5 unspecified atom stereocenters. The van der Waals surface area contributed by atoms with Crippen LogP contribution in [0.2, 0.25) is 0 Å². The number of nitrogens with one attached hydrogen (secondary N) is 1. The van der Waals surface area contributed by atoms with Gasteiger partial charge in [0, 0.05) is 32.0 Å². The molecule has 1 N–H and O–H groups in total. The molecule has 2 heterocycles. The normalized spacial score (nSPS) is 32.9. The van der Waals surface area contributed by atoms with E-state index in [2.05, 4.69) is 33.9 Å². The first-order chi connectivity index (χ1) is 11.2. The Balaban J connectivity index is 1.41. The van der Waals surface area contributed by atoms with E-state index in [4.69, 9.17) is 0 Å². The van der Waals surface area contributed by atoms with E-state index < -0.39 is 0 Å². The molecule has 1 aromatic rings. The zero-order valence-corrected chi connectivity index (χ0v) is 14.0. The van der Waals surface area contributed by atoms with E-state index in [0.29, 0.717) is 23.7 Å². The lowest BCUT2D eigenvalue weighted by Crippen LogP contribution is -2.40. The molecule has 1 aromatic heterocycles. The van der Waals surface area contributed by atoms with Crippen LogP contribution in [0.1, 0.15) is 38.6 Å². The van der Waals surface area contributed by atoms with Crippen LogP contribution in [0.5, 0.6) is 0 Å². The first-order valence-electron chi connectivity index (χ1n) is 8.92. The average Bonchev–Trinajstić information content (AvgIpc) is 3.23. The van der Waals surface area contributed by atoms with Crippen LogP contribution >= 0.6 is 0 Å². The lowest BCUT2D eigenvalue weighted by molar-refractivity contribution is 0.169. The third kappa shape index (κ3) is 2.46. The van der Waals surface area contributed by atoms with Crippen molar-refractivity contribution < 1.29 is 4.79 Å². The highest BCUT2D eigenvalue weighted by atomic mass is 16.2. The minimum Gasteiger partial charge on any atom is -0.333 e. The number of urea groups is 1. The van der Waals surface area contributed by atoms with E-state index in [1.807, 2.05) is 18.0 Å². The lowest BCUT2D eigenvalue weighted by atomic mass is 9.64. The van der Waals surface area contributed by atoms with Gasteiger partial charge in [-0.3, -0.25) is 0 Å². The number of aryl methyl sites for hydroxylation is 1. The van der Waals surface area contributed by atoms with E-state index in [1.54, 1.807) is 6.20 Å². The fourth-order valence-electron chi connectivity index (χ4n) is 4.81. The Morgan fingerprint density at radius 3 is 2.52 bits per heavy atom. The molecule has 1 saturated heterocycles. The van der Waals surface area contributed by atoms with Crippen LogP contribution in [0.15, 0.2) is 24.5 Å². The number of carbonyl (C=O) groups excluding carboxylic acids is 1. The second-order valence-corrected chi connectivity index (χ2v) is 7.27. The Labute approximate surface area is 137 Å². The topological polar surface area (TPSA) is 50.2 Å². The van der Waals surface area contributed by atoms with E-state index in [1.165, 1.54) is 12.8 Å². The summed E-state index contributed by atoms with van der Waals surface area (Å²) in [5.41, 5.74) is 0. The summed E-state index contributed by atoms with van der Waals surface area (Å²) in [5, 5.41) is 3.14. The molecule has 5 rings (SSSR count). The van der Waals surface area contributed by atoms with Crippen LogP contribution in [-0.2, 0) is 6.54 Å². The highest BCUT2D eigenvalue weighted by Gasteiger charge is 2.47. The van der Waals surface area contributed by atoms with Crippen LogP contribution in [0.25, 0.3) is 0 Å². The van der Waals surface area contributed by atoms with E-state index in [0.717, 1.165) is 25.5 Å². The number of carbonyl (C=O) groups is 1. The average molecular weight is 314 g/mol. The number of fused-ring (bicyclic) bond motifs is 1. The van der Waals surface area contributed by atoms with Gasteiger partial charge in [-0.1, -0.05) is 12.2 Å². The largest absolute Gasteiger partial charge is 0.333 e. The van der Waals surface area contributed by atoms with Crippen molar-refractivity contribution in [2.45, 2.75) is 39.3 Å². The van der Waals surface area contributed by atoms with Gasteiger partial charge in [-0.15, -0.1) is 0 Å². The van der Waals surface area contributed by atoms with Gasteiger partial charge in [0.05, 0.1) is 6.04 Å². The molecule has 0 spiro atoms. The standard InChI is InChI=1S/C18H26N4O/c1-3-21-9-8-19-17(21)12(2)20-18(23)22-10-15-13-4-5-14(7-6-13)16(15)11-22/h4-5,8-9,12-16H,3,6-7,10-11H2,1-2H3,(H,20,23). The number of imidazole rings is 1. The summed E-state index contributed by atoms with van der Waals surface area (Å²) in [5.74, 6) is 3.67. The predicted molar refractivity (Wildman–Crippen MR) is 88.8 cm³/mol. The number of nitrogens with zero attached hydrogens (tertiary/aromatic N) is 3. The maximum absolute atomic E-state index is 12.7. The zero-order valence-electron chi connectivity index (χ0n) is 14.0. The minimum absolute atomic E-state index is 0.0603. The maximum atomic E-state index is 12.7. The maximum Gasteiger partial charge on any atom is 0.317 e. The Kier molecular flexibility index (Phi) is 3.66. The van der Waals surface area contributed by atoms with Crippen molar-refractivity contribution in [3.8, 4) is 0 Å². The molecule has 0 aromatic carbocycles. The molecular weight excluding hydrogens is 288 g/mol. The Hall–Kier alpha value is -1.78. The molecule has 1 saturated carbocycles. The van der Waals surface area contributed by atoms with Crippen LogP contribution < -0.4 is 5.32 Å². The van der Waals surface area contributed by atoms with E-state index >= 15 is 0 Å². The van der Waals surface area contributed by atoms with Gasteiger partial charge in [0.1, 0.15) is 5.82 Å². The van der Waals surface area contributed by atoms with Gasteiger partial charge in [-0.25, -0.2) is 9.78 Å². The zero-order chi connectivity index (χ0) is 16.0. The Morgan fingerprint density at radius 2 is 1.96 bits per heavy atom. The Morgan fingerprint density at radius 1 is 1.30 bits per heavy atom. The van der Waals surface area contributed by atoms with Crippen LogP contribution in [0.4, 0.5) is 4.79 Å². The highest BCUT2D eigenvalue weighted by Crippen LogP contribution is 2.48. The molecule has 2 amide bonds. The van der Waals surface area contributed by atoms with Gasteiger partial charge >= 0.3 is 6.03 Å². The summed E-state index contributed by atoms with van der Waals surface area (Å²) in [7, 11) is 0. The van der Waals surface area contributed by atoms with Crippen molar-refractivity contribution in [2.24, 2.45) is 23.7 Å². The summed E-state index contributed by atoms with van der Waals surface area (Å²) in [6.45, 7) is 6.81. The van der Waals surface area contributed by atoms with Gasteiger partial charge < -0.3 is 14.8 Å². The second-order valence-electron chi connectivity index (χ2n) is 7.27. The molecule has 3 aliphatic carbocycles. The van der Waals surface area contributed by atoms with E-state index in [9.17, 15) is 4.79 Å². The number of rotatable bonds is 3. The monoisotopic (exact) mass is 314 g/mol. The molecule has 0 radical (unpaired) electrons. The van der Waals surface area contributed by atoms with Crippen molar-refractivity contribution in [2.75, 3.05) is 13.1 Å². The van der Waals surface area contributed by atoms with Crippen LogP contribution in [0, 0.1) is 23.7 Å². The SMILES string of the molecule is CCn1ccnc1C(C)NC(=O)N1CC2C3C=CC(CC3)C2C1. The molecule has 2 fully saturated rings. The third-order valence-electron chi connectivity index (χ3n) is 6.05. The smallest absolute Gasteiger partial charge is 0.317 e. The van der Waals surface area contributed by atoms with Gasteiger partial charge in [-0.05, 0) is 50.4 Å². The van der Waals surface area contributed by atoms with Crippen LogP contribution in [0.3, 0.4) is 0 Å². The molecule has 2 bridgehead atoms. The number of likely N-dealkylation sites (tertiary alicyclic amines) is 1. The van der Waals surface area contributed by atoms with Crippen molar-refractivity contribution in [1.29, 1.82) is 0 Å². The first kappa shape index (κ1) is 14.8. The number of allylic oxidation sites excluding steroid dienone is 2. The number of amides is 2. The predicted octanol–water partition coefficient (Wildman–Crippen LogP) is 2.82. The lowest BCUT2D eigenvalue weighted by Gasteiger charge is -2.40. The first-order valence-corrected chi connectivity index (χ1v) is 8.92. The number of hydrogen-bond acceptors (Lipinski definition) is 2. The molecular formula is C18H26N4O. The summed E-state index contributed by atoms with van der Waals surface area (Å²) >= 11 is 0. The van der Waals surface area contributed by atoms with E-state index in [-0.39, 0.29) is 12.1 Å². The molecule has 5 nitrogen and oxygen atoms in total. The number of hydrogen-bond donors (Lipinski definition) is 1. The molecule has 23 heavy (non-hydrogen) atoms. The second kappa shape index (κ2) is 5.69. The highest BCUT2D eigenvalue weighted by molar-refractivity contribution is 5.75. The van der Waals surface area contributed by atoms with Crippen molar-refractivity contribution in [3.05, 3.63) is 30.4 Å². The molecule has 4 aliphatic rings.